The van der Waals surface area contributed by atoms with Gasteiger partial charge in [0, 0.05) is 93.6 Å². The van der Waals surface area contributed by atoms with Crippen molar-refractivity contribution in [2.75, 3.05) is 73.0 Å². The van der Waals surface area contributed by atoms with Crippen molar-refractivity contribution < 1.29 is 43.1 Å². The summed E-state index contributed by atoms with van der Waals surface area (Å²) in [6.07, 6.45) is 11.9. The number of thioether (sulfide) groups is 2. The fraction of sp³-hybridized carbons (Fsp3) is 0.337. The number of thiophene rings is 1. The number of likely N-dealkylation sites (N-methyl/N-ethyl adjacent to an activating group) is 1. The maximum Gasteiger partial charge on any atom is 0.316 e. The highest BCUT2D eigenvalue weighted by Gasteiger charge is 2.64. The van der Waals surface area contributed by atoms with E-state index >= 15 is 0 Å². The van der Waals surface area contributed by atoms with Crippen molar-refractivity contribution >= 4 is 150 Å². The van der Waals surface area contributed by atoms with Crippen LogP contribution in [-0.4, -0.2) is 127 Å². The Labute approximate surface area is 733 Å². The van der Waals surface area contributed by atoms with Gasteiger partial charge in [-0.3, -0.25) is 43.9 Å². The molecule has 20 nitrogen and oxygen atoms in total. The Balaban J connectivity index is 0.000000123. The fourth-order valence-corrected chi connectivity index (χ4v) is 22.4. The van der Waals surface area contributed by atoms with Crippen LogP contribution >= 0.6 is 86.4 Å². The van der Waals surface area contributed by atoms with Crippen molar-refractivity contribution in [3.63, 3.8) is 0 Å². The third-order valence-corrected chi connectivity index (χ3v) is 29.1. The molecule has 0 radical (unpaired) electrons. The number of para-hydroxylation sites is 2. The minimum absolute atomic E-state index is 0.0675. The van der Waals surface area contributed by atoms with Gasteiger partial charge in [0.25, 0.3) is 23.4 Å². The lowest BCUT2D eigenvalue weighted by atomic mass is 9.49. The first-order valence-electron chi connectivity index (χ1n) is 40.2. The van der Waals surface area contributed by atoms with Gasteiger partial charge >= 0.3 is 5.97 Å². The van der Waals surface area contributed by atoms with Crippen LogP contribution in [0.5, 0.6) is 0 Å². The normalized spacial score (nSPS) is 20.8. The third-order valence-electron chi connectivity index (χ3n) is 23.7. The maximum atomic E-state index is 13.3. The lowest BCUT2D eigenvalue weighted by Gasteiger charge is -2.56. The van der Waals surface area contributed by atoms with Gasteiger partial charge in [-0.1, -0.05) is 150 Å². The summed E-state index contributed by atoms with van der Waals surface area (Å²) in [5.41, 5.74) is 9.88. The number of aliphatic hydroxyl groups is 1. The number of hydrogen-bond acceptors (Lipinski definition) is 18. The Morgan fingerprint density at radius 3 is 2.10 bits per heavy atom. The number of ether oxygens (including phenoxy) is 1. The molecule has 9 aliphatic rings. The van der Waals surface area contributed by atoms with E-state index < -0.39 is 16.4 Å². The Kier molecular flexibility index (Phi) is 27.3. The number of anilines is 4. The lowest BCUT2D eigenvalue weighted by molar-refractivity contribution is -0.384. The van der Waals surface area contributed by atoms with Crippen LogP contribution < -0.4 is 20.4 Å². The summed E-state index contributed by atoms with van der Waals surface area (Å²) in [7, 11) is 0. The molecule has 19 rings (SSSR count). The third kappa shape index (κ3) is 18.9. The number of carbonyl (C=O) groups is 5. The monoisotopic (exact) mass is 1790 g/mol. The summed E-state index contributed by atoms with van der Waals surface area (Å²) in [5.74, 6) is 2.91. The molecular weight excluding hydrogens is 1700 g/mol. The molecule has 120 heavy (non-hydrogen) atoms. The topological polar surface area (TPSA) is 249 Å². The van der Waals surface area contributed by atoms with E-state index in [1.165, 1.54) is 109 Å². The number of nitrogens with one attached hydrogen (secondary N) is 2. The van der Waals surface area contributed by atoms with E-state index in [0.29, 0.717) is 76.6 Å². The van der Waals surface area contributed by atoms with Crippen molar-refractivity contribution in [2.45, 2.75) is 128 Å². The maximum absolute atomic E-state index is 13.3. The van der Waals surface area contributed by atoms with E-state index in [9.17, 15) is 48.8 Å². The van der Waals surface area contributed by atoms with E-state index in [2.05, 4.69) is 71.6 Å². The molecule has 5 saturated carbocycles. The molecular formula is C92H92BrClFN11O9S5. The van der Waals surface area contributed by atoms with Gasteiger partial charge in [0.15, 0.2) is 10.7 Å². The number of nitro benzene ring substituents is 1. The molecule has 1 unspecified atom stereocenters. The number of benzene rings is 7. The molecule has 7 aromatic carbocycles. The first-order valence-corrected chi connectivity index (χ1v) is 45.6. The summed E-state index contributed by atoms with van der Waals surface area (Å²) in [5, 5.41) is 44.0. The van der Waals surface area contributed by atoms with E-state index in [0.717, 1.165) is 101 Å². The second kappa shape index (κ2) is 37.8. The zero-order valence-electron chi connectivity index (χ0n) is 67.3. The first-order chi connectivity index (χ1) is 57.8. The molecule has 28 heteroatoms. The zero-order chi connectivity index (χ0) is 84.7. The van der Waals surface area contributed by atoms with Gasteiger partial charge in [0.2, 0.25) is 5.91 Å². The molecule has 6 aliphatic carbocycles. The number of rotatable bonds is 16. The van der Waals surface area contributed by atoms with Gasteiger partial charge in [0.1, 0.15) is 16.9 Å². The predicted molar refractivity (Wildman–Crippen MR) is 479 cm³/mol. The Bertz CT molecular complexity index is 5480. The number of nitriles is 1. The lowest BCUT2D eigenvalue weighted by Crippen LogP contribution is -2.49. The quantitative estimate of drug-likeness (QED) is 0.0267. The number of pyridine rings is 1. The molecule has 3 aliphatic heterocycles. The SMILES string of the molecule is CCN1C(=O)C(O)(c2ccccc2)c2cc(Br)ccc21.CCOC(=O)CSc1nc(C23CC4CC(CC(C4)C2)C3)ccc1C#N.CSc1ccc(C(=O)N2CCCN(CC(=O)Nc3ccc(F)cc3)CC2)s1.Cc1nn(C(=S)NCc2ccccc2)c2c1[C@H]1[C@@H](C2)C1(C)C.O=C(c1cc([N+](=O)[O-])ccc1Cl)N1c2ccccc2Sc2ccccc21. The second-order valence-corrected chi connectivity index (χ2v) is 37.7. The smallest absolute Gasteiger partial charge is 0.316 e. The number of non-ortho nitro benzene ring substituents is 1. The van der Waals surface area contributed by atoms with Crippen LogP contribution in [0.2, 0.25) is 5.02 Å². The number of halogens is 3. The van der Waals surface area contributed by atoms with Crippen LogP contribution in [0.1, 0.15) is 143 Å². The Morgan fingerprint density at radius 2 is 1.47 bits per heavy atom. The van der Waals surface area contributed by atoms with E-state index in [4.69, 9.17) is 38.6 Å². The molecule has 3 aromatic heterocycles. The number of aryl methyl sites for hydroxylation is 1. The highest BCUT2D eigenvalue weighted by molar-refractivity contribution is 9.10. The molecule has 620 valence electrons. The zero-order valence-corrected chi connectivity index (χ0v) is 73.7. The van der Waals surface area contributed by atoms with Crippen molar-refractivity contribution in [1.29, 1.82) is 5.26 Å². The molecule has 6 fully saturated rings. The number of amides is 4. The molecule has 3 N–H and O–H groups in total. The van der Waals surface area contributed by atoms with Gasteiger partial charge in [-0.05, 0) is 234 Å². The van der Waals surface area contributed by atoms with Crippen molar-refractivity contribution in [1.82, 2.24) is 29.9 Å². The van der Waals surface area contributed by atoms with Crippen LogP contribution in [0, 0.1) is 63.3 Å². The van der Waals surface area contributed by atoms with Crippen molar-refractivity contribution in [2.24, 2.45) is 29.1 Å². The number of esters is 1. The average molecular weight is 1790 g/mol. The van der Waals surface area contributed by atoms with Crippen LogP contribution in [0.15, 0.2) is 218 Å². The number of fused-ring (bicyclic) bond motifs is 6. The van der Waals surface area contributed by atoms with Gasteiger partial charge in [-0.25, -0.2) is 14.1 Å². The van der Waals surface area contributed by atoms with Gasteiger partial charge in [0.05, 0.1) is 77.5 Å². The van der Waals surface area contributed by atoms with Gasteiger partial charge < -0.3 is 30.3 Å². The first kappa shape index (κ1) is 86.8. The van der Waals surface area contributed by atoms with E-state index in [1.807, 2.05) is 149 Å². The minimum Gasteiger partial charge on any atom is -0.465 e. The largest absolute Gasteiger partial charge is 0.465 e. The standard InChI is InChI=1S/C20H24N2O2S.C19H11ClN2O3S.C19H22FN3O2S2.C18H21N3S.C16H14BrNO2/c1-2-24-18(23)12-25-19-16(11-21)3-4-17(22-19)20-8-13-5-14(9-20)7-15(6-13)10-20;20-14-10-9-12(22(24)25)11-13(14)19(23)21-15-5-1-3-7-17(15)26-18-8-4-2-6-16(18)21;1-26-18-8-7-16(27-18)19(25)23-10-2-9-22(11-12-23)13-17(24)21-15-5-3-14(20)4-6-15;1-11-15-14(9-13-16(15)18(13,2)3)21(20-11)17(22)19-10-12-7-5-4-6-8-12;1-2-18-14-9-8-12(17)10-13(14)16(20,15(18)19)11-6-4-3-5-7-11/h3-4,13-15H,2,5-10,12H2,1H3;1-11H;3-8H,2,9-13H2,1H3,(H,21,24);4-8,13,16H,9-10H2,1-3H3,(H,19,22);3-10,20H,2H2,1H3/t;;;13-,16-;/m...1./s1. The summed E-state index contributed by atoms with van der Waals surface area (Å²) in [6.45, 7) is 15.2. The van der Waals surface area contributed by atoms with E-state index in [1.54, 1.807) is 64.5 Å². The molecule has 10 aromatic rings. The summed E-state index contributed by atoms with van der Waals surface area (Å²) >= 11 is 21.2. The summed E-state index contributed by atoms with van der Waals surface area (Å²) < 4.78 is 21.9. The molecule has 4 amide bonds. The molecule has 0 spiro atoms. The molecule has 1 saturated heterocycles. The molecule has 3 atom stereocenters. The number of nitro groups is 1. The fourth-order valence-electron chi connectivity index (χ4n) is 18.3. The summed E-state index contributed by atoms with van der Waals surface area (Å²) in [4.78, 5) is 87.8. The molecule has 4 bridgehead atoms. The van der Waals surface area contributed by atoms with Crippen LogP contribution in [0.25, 0.3) is 0 Å². The Hall–Kier alpha value is -9.60. The molecule has 6 heterocycles. The highest BCUT2D eigenvalue weighted by Crippen LogP contribution is 2.70. The van der Waals surface area contributed by atoms with Crippen LogP contribution in [-0.2, 0) is 43.1 Å². The second-order valence-electron chi connectivity index (χ2n) is 31.8. The van der Waals surface area contributed by atoms with Crippen molar-refractivity contribution in [3.8, 4) is 6.07 Å². The summed E-state index contributed by atoms with van der Waals surface area (Å²) in [6, 6.07) is 59.7. The van der Waals surface area contributed by atoms with Gasteiger partial charge in [-0.15, -0.1) is 23.1 Å². The number of thiocarbonyl (C=S) groups is 1. The predicted octanol–water partition coefficient (Wildman–Crippen LogP) is 19.6. The van der Waals surface area contributed by atoms with Crippen LogP contribution in [0.3, 0.4) is 0 Å². The van der Waals surface area contributed by atoms with Crippen LogP contribution in [0.4, 0.5) is 32.8 Å². The minimum atomic E-state index is -1.60. The van der Waals surface area contributed by atoms with Gasteiger partial charge in [-0.2, -0.15) is 10.4 Å². The number of hydrogen-bond donors (Lipinski definition) is 3. The van der Waals surface area contributed by atoms with Crippen molar-refractivity contribution in [3.05, 3.63) is 275 Å². The number of aromatic nitrogens is 3. The average Bonchev–Trinajstić information content (AvgIpc) is 1.51. The van der Waals surface area contributed by atoms with E-state index in [-0.39, 0.29) is 63.5 Å². The highest BCUT2D eigenvalue weighted by atomic mass is 79.9. The Morgan fingerprint density at radius 1 is 0.808 bits per heavy atom. The number of nitrogens with zero attached hydrogens (tertiary/aromatic N) is 9. The number of carbonyl (C=O) groups excluding carboxylic acids is 5.